The summed E-state index contributed by atoms with van der Waals surface area (Å²) >= 11 is 0. The Labute approximate surface area is 208 Å². The summed E-state index contributed by atoms with van der Waals surface area (Å²) in [6, 6.07) is 0. The first-order valence-corrected chi connectivity index (χ1v) is 11.7. The predicted octanol–water partition coefficient (Wildman–Crippen LogP) is 3.89. The SMILES string of the molecule is CCOC(=O)/C=C/C1=CO[C@H](COC(=O)C(C)(C)C)[C@H](OC(=O)C(C)(C)C)[C@@H]1OC(=O)C(C)(C)C. The molecule has 0 radical (unpaired) electrons. The lowest BCUT2D eigenvalue weighted by atomic mass is 9.93. The van der Waals surface area contributed by atoms with E-state index in [4.69, 9.17) is 23.7 Å². The van der Waals surface area contributed by atoms with E-state index >= 15 is 0 Å². The van der Waals surface area contributed by atoms with Gasteiger partial charge in [-0.25, -0.2) is 4.79 Å². The van der Waals surface area contributed by atoms with E-state index in [-0.39, 0.29) is 18.8 Å². The van der Waals surface area contributed by atoms with Gasteiger partial charge in [-0.3, -0.25) is 14.4 Å². The van der Waals surface area contributed by atoms with Crippen LogP contribution in [-0.2, 0) is 42.9 Å². The van der Waals surface area contributed by atoms with Gasteiger partial charge in [0, 0.05) is 11.6 Å². The van der Waals surface area contributed by atoms with Crippen LogP contribution in [0.2, 0.25) is 0 Å². The van der Waals surface area contributed by atoms with E-state index in [0.29, 0.717) is 0 Å². The molecule has 1 aliphatic heterocycles. The molecule has 3 atom stereocenters. The highest BCUT2D eigenvalue weighted by atomic mass is 16.6. The van der Waals surface area contributed by atoms with Gasteiger partial charge in [0.25, 0.3) is 0 Å². The van der Waals surface area contributed by atoms with Crippen LogP contribution in [0.3, 0.4) is 0 Å². The average molecular weight is 497 g/mol. The number of hydrogen-bond acceptors (Lipinski definition) is 9. The first kappa shape index (κ1) is 30.2. The minimum Gasteiger partial charge on any atom is -0.490 e. The Bertz CT molecular complexity index is 848. The largest absolute Gasteiger partial charge is 0.490 e. The van der Waals surface area contributed by atoms with Crippen molar-refractivity contribution in [2.45, 2.75) is 87.5 Å². The van der Waals surface area contributed by atoms with E-state index in [2.05, 4.69) is 0 Å². The molecule has 0 N–H and O–H groups in total. The Morgan fingerprint density at radius 2 is 1.34 bits per heavy atom. The second kappa shape index (κ2) is 11.7. The van der Waals surface area contributed by atoms with Crippen molar-refractivity contribution in [1.29, 1.82) is 0 Å². The van der Waals surface area contributed by atoms with Gasteiger partial charge < -0.3 is 23.7 Å². The molecule has 0 saturated carbocycles. The predicted molar refractivity (Wildman–Crippen MR) is 128 cm³/mol. The molecule has 9 heteroatoms. The third-order valence-corrected chi connectivity index (χ3v) is 4.76. The van der Waals surface area contributed by atoms with Crippen molar-refractivity contribution >= 4 is 23.9 Å². The van der Waals surface area contributed by atoms with Gasteiger partial charge in [0.05, 0.1) is 29.1 Å². The first-order valence-electron chi connectivity index (χ1n) is 11.7. The summed E-state index contributed by atoms with van der Waals surface area (Å²) in [5.74, 6) is -2.19. The third-order valence-electron chi connectivity index (χ3n) is 4.76. The Morgan fingerprint density at radius 1 is 0.829 bits per heavy atom. The van der Waals surface area contributed by atoms with Crippen LogP contribution < -0.4 is 0 Å². The maximum Gasteiger partial charge on any atom is 0.330 e. The number of carbonyl (C=O) groups excluding carboxylic acids is 4. The van der Waals surface area contributed by atoms with Crippen molar-refractivity contribution < 1.29 is 42.9 Å². The summed E-state index contributed by atoms with van der Waals surface area (Å²) in [6.07, 6.45) is 0.629. The lowest BCUT2D eigenvalue weighted by molar-refractivity contribution is -0.192. The molecule has 0 aliphatic carbocycles. The molecule has 9 nitrogen and oxygen atoms in total. The van der Waals surface area contributed by atoms with Gasteiger partial charge >= 0.3 is 23.9 Å². The van der Waals surface area contributed by atoms with Crippen molar-refractivity contribution in [3.63, 3.8) is 0 Å². The Kier molecular flexibility index (Phi) is 10.1. The highest BCUT2D eigenvalue weighted by molar-refractivity contribution is 5.82. The van der Waals surface area contributed by atoms with Gasteiger partial charge in [0.15, 0.2) is 18.3 Å². The van der Waals surface area contributed by atoms with E-state index in [0.717, 1.165) is 0 Å². The lowest BCUT2D eigenvalue weighted by Crippen LogP contribution is -2.51. The molecule has 0 fully saturated rings. The maximum atomic E-state index is 12.8. The Hall–Kier alpha value is -2.84. The summed E-state index contributed by atoms with van der Waals surface area (Å²) in [4.78, 5) is 49.9. The number of ether oxygens (including phenoxy) is 5. The highest BCUT2D eigenvalue weighted by Crippen LogP contribution is 2.31. The van der Waals surface area contributed by atoms with Crippen LogP contribution in [0, 0.1) is 16.2 Å². The van der Waals surface area contributed by atoms with Crippen LogP contribution in [0.4, 0.5) is 0 Å². The number of carbonyl (C=O) groups is 4. The zero-order valence-corrected chi connectivity index (χ0v) is 22.6. The van der Waals surface area contributed by atoms with Crippen LogP contribution in [0.15, 0.2) is 24.0 Å². The molecule has 1 aliphatic rings. The number of esters is 4. The van der Waals surface area contributed by atoms with Crippen molar-refractivity contribution in [3.8, 4) is 0 Å². The van der Waals surface area contributed by atoms with Gasteiger partial charge in [-0.2, -0.15) is 0 Å². The zero-order valence-electron chi connectivity index (χ0n) is 22.6. The summed E-state index contributed by atoms with van der Waals surface area (Å²) < 4.78 is 27.6. The maximum absolute atomic E-state index is 12.8. The van der Waals surface area contributed by atoms with Gasteiger partial charge in [0.1, 0.15) is 6.61 Å². The topological polar surface area (TPSA) is 114 Å². The molecule has 0 bridgehead atoms. The average Bonchev–Trinajstić information content (AvgIpc) is 2.70. The van der Waals surface area contributed by atoms with E-state index < -0.39 is 58.4 Å². The van der Waals surface area contributed by atoms with Gasteiger partial charge in [-0.15, -0.1) is 0 Å². The molecule has 0 amide bonds. The fourth-order valence-corrected chi connectivity index (χ4v) is 2.56. The molecule has 1 rings (SSSR count). The highest BCUT2D eigenvalue weighted by Gasteiger charge is 2.45. The minimum atomic E-state index is -1.15. The standard InChI is InChI=1S/C26H40O9/c1-11-31-18(27)13-12-16-14-32-17(15-33-21(28)24(2,3)4)20(35-23(30)26(8,9)10)19(16)34-22(29)25(5,6)7/h12-14,17,19-20H,11,15H2,1-10H3/b13-12+/t17-,19-,20+/m1/s1. The molecular weight excluding hydrogens is 456 g/mol. The Balaban J connectivity index is 3.42. The summed E-state index contributed by atoms with van der Waals surface area (Å²) in [5, 5.41) is 0. The molecule has 0 aromatic heterocycles. The van der Waals surface area contributed by atoms with Gasteiger partial charge in [-0.1, -0.05) is 0 Å². The van der Waals surface area contributed by atoms with Gasteiger partial charge in [0.2, 0.25) is 0 Å². The quantitative estimate of drug-likeness (QED) is 0.294. The molecule has 1 heterocycles. The lowest BCUT2D eigenvalue weighted by Gasteiger charge is -2.38. The second-order valence-electron chi connectivity index (χ2n) is 11.4. The summed E-state index contributed by atoms with van der Waals surface area (Å²) in [5.41, 5.74) is -2.21. The molecule has 0 aromatic rings. The zero-order chi connectivity index (χ0) is 27.2. The third kappa shape index (κ3) is 9.38. The van der Waals surface area contributed by atoms with Crippen molar-refractivity contribution in [3.05, 3.63) is 24.0 Å². The first-order chi connectivity index (χ1) is 15.9. The smallest absolute Gasteiger partial charge is 0.330 e. The molecule has 198 valence electrons. The minimum absolute atomic E-state index is 0.189. The van der Waals surface area contributed by atoms with Crippen LogP contribution in [0.5, 0.6) is 0 Å². The number of hydrogen-bond donors (Lipinski definition) is 0. The van der Waals surface area contributed by atoms with E-state index in [1.165, 1.54) is 18.4 Å². The van der Waals surface area contributed by atoms with E-state index in [1.54, 1.807) is 69.2 Å². The van der Waals surface area contributed by atoms with Gasteiger partial charge in [-0.05, 0) is 75.3 Å². The van der Waals surface area contributed by atoms with Crippen molar-refractivity contribution in [1.82, 2.24) is 0 Å². The fourth-order valence-electron chi connectivity index (χ4n) is 2.56. The molecular formula is C26H40O9. The molecule has 35 heavy (non-hydrogen) atoms. The van der Waals surface area contributed by atoms with Crippen LogP contribution in [0.1, 0.15) is 69.2 Å². The molecule has 0 unspecified atom stereocenters. The molecule has 0 saturated heterocycles. The fraction of sp³-hybridized carbons (Fsp3) is 0.692. The second-order valence-corrected chi connectivity index (χ2v) is 11.4. The van der Waals surface area contributed by atoms with Crippen LogP contribution in [-0.4, -0.2) is 55.4 Å². The van der Waals surface area contributed by atoms with E-state index in [9.17, 15) is 19.2 Å². The number of rotatable bonds is 7. The molecule has 0 spiro atoms. The van der Waals surface area contributed by atoms with Crippen molar-refractivity contribution in [2.24, 2.45) is 16.2 Å². The molecule has 0 aromatic carbocycles. The normalized spacial score (nSPS) is 21.0. The van der Waals surface area contributed by atoms with Crippen LogP contribution in [0.25, 0.3) is 0 Å². The van der Waals surface area contributed by atoms with Crippen molar-refractivity contribution in [2.75, 3.05) is 13.2 Å². The van der Waals surface area contributed by atoms with Crippen LogP contribution >= 0.6 is 0 Å². The summed E-state index contributed by atoms with van der Waals surface area (Å²) in [6.45, 7) is 16.8. The van der Waals surface area contributed by atoms with E-state index in [1.807, 2.05) is 0 Å². The monoisotopic (exact) mass is 496 g/mol. The Morgan fingerprint density at radius 3 is 1.83 bits per heavy atom. The summed E-state index contributed by atoms with van der Waals surface area (Å²) in [7, 11) is 0.